The maximum atomic E-state index is 10.9. The van der Waals surface area contributed by atoms with Crippen LogP contribution in [0.4, 0.5) is 0 Å². The van der Waals surface area contributed by atoms with E-state index in [1.165, 1.54) is 0 Å². The van der Waals surface area contributed by atoms with E-state index in [1.807, 2.05) is 18.2 Å². The summed E-state index contributed by atoms with van der Waals surface area (Å²) in [6.45, 7) is 0. The van der Waals surface area contributed by atoms with Crippen molar-refractivity contribution >= 4 is 62.1 Å². The Hall–Kier alpha value is -0.310. The summed E-state index contributed by atoms with van der Waals surface area (Å²) in [7, 11) is 0. The van der Waals surface area contributed by atoms with Gasteiger partial charge in [0.2, 0.25) is 0 Å². The highest BCUT2D eigenvalue weighted by Gasteiger charge is 2.15. The largest absolute Gasteiger partial charge is 0.477 e. The minimum atomic E-state index is -0.915. The molecular formula is C9H5I2NO2. The van der Waals surface area contributed by atoms with E-state index in [9.17, 15) is 4.79 Å². The zero-order chi connectivity index (χ0) is 10.3. The Morgan fingerprint density at radius 1 is 1.36 bits per heavy atom. The van der Waals surface area contributed by atoms with Crippen molar-refractivity contribution in [1.82, 2.24) is 4.98 Å². The number of carboxylic acids is 1. The predicted octanol–water partition coefficient (Wildman–Crippen LogP) is 3.08. The number of aromatic carboxylic acids is 1. The molecule has 2 aromatic rings. The molecule has 3 nitrogen and oxygen atoms in total. The van der Waals surface area contributed by atoms with E-state index in [1.54, 1.807) is 0 Å². The Bertz CT molecular complexity index is 519. The maximum Gasteiger partial charge on any atom is 0.353 e. The number of halogens is 2. The summed E-state index contributed by atoms with van der Waals surface area (Å²) in [6.07, 6.45) is 0. The number of benzene rings is 1. The fourth-order valence-electron chi connectivity index (χ4n) is 1.31. The molecule has 1 aromatic carbocycles. The third-order valence-electron chi connectivity index (χ3n) is 1.93. The molecule has 0 aliphatic heterocycles. The van der Waals surface area contributed by atoms with Crippen molar-refractivity contribution in [3.63, 3.8) is 0 Å². The lowest BCUT2D eigenvalue weighted by molar-refractivity contribution is 0.0690. The van der Waals surface area contributed by atoms with Crippen molar-refractivity contribution in [2.24, 2.45) is 0 Å². The van der Waals surface area contributed by atoms with Crippen LogP contribution in [0.1, 0.15) is 10.5 Å². The Balaban J connectivity index is 2.87. The van der Waals surface area contributed by atoms with E-state index in [4.69, 9.17) is 5.11 Å². The maximum absolute atomic E-state index is 10.9. The van der Waals surface area contributed by atoms with Gasteiger partial charge < -0.3 is 10.1 Å². The lowest BCUT2D eigenvalue weighted by Crippen LogP contribution is -1.98. The van der Waals surface area contributed by atoms with Crippen LogP contribution in [0.25, 0.3) is 10.9 Å². The van der Waals surface area contributed by atoms with Crippen molar-refractivity contribution in [3.8, 4) is 0 Å². The third kappa shape index (κ3) is 1.52. The Morgan fingerprint density at radius 2 is 2.07 bits per heavy atom. The first-order valence-corrected chi connectivity index (χ1v) is 5.96. The molecule has 72 valence electrons. The number of aromatic nitrogens is 1. The molecule has 0 aliphatic carbocycles. The Labute approximate surface area is 107 Å². The van der Waals surface area contributed by atoms with E-state index in [0.29, 0.717) is 0 Å². The normalized spacial score (nSPS) is 10.7. The van der Waals surface area contributed by atoms with Crippen LogP contribution in [0.3, 0.4) is 0 Å². The third-order valence-corrected chi connectivity index (χ3v) is 3.90. The molecule has 2 N–H and O–H groups in total. The van der Waals surface area contributed by atoms with Crippen LogP contribution in [0.5, 0.6) is 0 Å². The number of nitrogens with one attached hydrogen (secondary N) is 1. The number of H-pyrrole nitrogens is 1. The minimum Gasteiger partial charge on any atom is -0.477 e. The smallest absolute Gasteiger partial charge is 0.353 e. The van der Waals surface area contributed by atoms with Gasteiger partial charge >= 0.3 is 5.97 Å². The van der Waals surface area contributed by atoms with Gasteiger partial charge in [0.15, 0.2) is 0 Å². The first-order valence-electron chi connectivity index (χ1n) is 3.80. The monoisotopic (exact) mass is 413 g/mol. The second kappa shape index (κ2) is 3.69. The fourth-order valence-corrected chi connectivity index (χ4v) is 3.54. The van der Waals surface area contributed by atoms with Gasteiger partial charge in [-0.1, -0.05) is 6.07 Å². The van der Waals surface area contributed by atoms with E-state index < -0.39 is 5.97 Å². The summed E-state index contributed by atoms with van der Waals surface area (Å²) in [5, 5.41) is 9.91. The van der Waals surface area contributed by atoms with Crippen LogP contribution in [-0.4, -0.2) is 16.1 Å². The summed E-state index contributed by atoms with van der Waals surface area (Å²) < 4.78 is 1.84. The molecule has 0 spiro atoms. The molecule has 0 saturated carbocycles. The van der Waals surface area contributed by atoms with Gasteiger partial charge in [-0.2, -0.15) is 0 Å². The van der Waals surface area contributed by atoms with Gasteiger partial charge in [0, 0.05) is 14.5 Å². The van der Waals surface area contributed by atoms with Gasteiger partial charge in [0.1, 0.15) is 5.69 Å². The zero-order valence-electron chi connectivity index (χ0n) is 6.84. The summed E-state index contributed by atoms with van der Waals surface area (Å²) >= 11 is 4.26. The number of fused-ring (bicyclic) bond motifs is 1. The Morgan fingerprint density at radius 3 is 2.64 bits per heavy atom. The first-order chi connectivity index (χ1) is 6.61. The van der Waals surface area contributed by atoms with Gasteiger partial charge in [-0.25, -0.2) is 4.79 Å². The molecule has 1 heterocycles. The minimum absolute atomic E-state index is 0.268. The zero-order valence-corrected chi connectivity index (χ0v) is 11.2. The van der Waals surface area contributed by atoms with Crippen LogP contribution in [0, 0.1) is 7.14 Å². The molecule has 0 amide bonds. The lowest BCUT2D eigenvalue weighted by Gasteiger charge is -1.93. The van der Waals surface area contributed by atoms with E-state index in [0.717, 1.165) is 18.0 Å². The molecular weight excluding hydrogens is 408 g/mol. The number of hydrogen-bond acceptors (Lipinski definition) is 1. The van der Waals surface area contributed by atoms with Gasteiger partial charge in [-0.05, 0) is 57.3 Å². The number of aromatic amines is 1. The topological polar surface area (TPSA) is 53.1 Å². The summed E-state index contributed by atoms with van der Waals surface area (Å²) in [6, 6.07) is 5.75. The number of hydrogen-bond donors (Lipinski definition) is 2. The highest BCUT2D eigenvalue weighted by Crippen LogP contribution is 2.28. The van der Waals surface area contributed by atoms with Gasteiger partial charge in [0.25, 0.3) is 0 Å². The average Bonchev–Trinajstić information content (AvgIpc) is 2.45. The van der Waals surface area contributed by atoms with Gasteiger partial charge in [-0.15, -0.1) is 0 Å². The molecule has 0 radical (unpaired) electrons. The first kappa shape index (κ1) is 10.2. The molecule has 0 unspecified atom stereocenters. The van der Waals surface area contributed by atoms with Crippen LogP contribution in [0.15, 0.2) is 18.2 Å². The van der Waals surface area contributed by atoms with Crippen molar-refractivity contribution in [1.29, 1.82) is 0 Å². The Kier molecular flexibility index (Phi) is 2.69. The van der Waals surface area contributed by atoms with Crippen LogP contribution < -0.4 is 0 Å². The van der Waals surface area contributed by atoms with Crippen LogP contribution >= 0.6 is 45.2 Å². The lowest BCUT2D eigenvalue weighted by atomic mass is 10.2. The van der Waals surface area contributed by atoms with Crippen molar-refractivity contribution in [2.75, 3.05) is 0 Å². The summed E-state index contributed by atoms with van der Waals surface area (Å²) in [5.74, 6) is -0.915. The number of carbonyl (C=O) groups is 1. The number of carboxylic acid groups (broad SMARTS) is 1. The quantitative estimate of drug-likeness (QED) is 0.707. The van der Waals surface area contributed by atoms with E-state index >= 15 is 0 Å². The molecule has 0 aliphatic rings. The van der Waals surface area contributed by atoms with E-state index in [-0.39, 0.29) is 5.69 Å². The van der Waals surface area contributed by atoms with Crippen molar-refractivity contribution in [2.45, 2.75) is 0 Å². The SMILES string of the molecule is O=C(O)c1[nH]c2cccc(I)c2c1I. The second-order valence-corrected chi connectivity index (χ2v) is 5.02. The van der Waals surface area contributed by atoms with Crippen molar-refractivity contribution in [3.05, 3.63) is 31.0 Å². The van der Waals surface area contributed by atoms with Crippen LogP contribution in [-0.2, 0) is 0 Å². The fraction of sp³-hybridized carbons (Fsp3) is 0. The highest BCUT2D eigenvalue weighted by atomic mass is 127. The molecule has 0 saturated heterocycles. The average molecular weight is 413 g/mol. The molecule has 5 heteroatoms. The summed E-state index contributed by atoms with van der Waals surface area (Å²) in [5.41, 5.74) is 1.14. The van der Waals surface area contributed by atoms with Crippen molar-refractivity contribution < 1.29 is 9.90 Å². The molecule has 1 aromatic heterocycles. The predicted molar refractivity (Wildman–Crippen MR) is 70.7 cm³/mol. The highest BCUT2D eigenvalue weighted by molar-refractivity contribution is 14.1. The van der Waals surface area contributed by atoms with E-state index in [2.05, 4.69) is 50.2 Å². The molecule has 0 fully saturated rings. The number of rotatable bonds is 1. The van der Waals surface area contributed by atoms with Gasteiger partial charge in [-0.3, -0.25) is 0 Å². The molecule has 2 rings (SSSR count). The molecule has 0 bridgehead atoms. The standard InChI is InChI=1S/C9H5I2NO2/c10-4-2-1-3-5-6(4)7(11)8(12-5)9(13)14/h1-3,12H,(H,13,14). The van der Waals surface area contributed by atoms with Gasteiger partial charge in [0.05, 0.1) is 3.57 Å². The second-order valence-electron chi connectivity index (χ2n) is 2.78. The van der Waals surface area contributed by atoms with Crippen LogP contribution in [0.2, 0.25) is 0 Å². The summed E-state index contributed by atoms with van der Waals surface area (Å²) in [4.78, 5) is 13.8. The molecule has 0 atom stereocenters. The molecule has 14 heavy (non-hydrogen) atoms.